The van der Waals surface area contributed by atoms with Crippen LogP contribution in [0.1, 0.15) is 25.7 Å². The fraction of sp³-hybridized carbons (Fsp3) is 0.733. The Morgan fingerprint density at radius 1 is 1.20 bits per heavy atom. The number of nitrogens with one attached hydrogen (secondary N) is 1. The second-order valence-electron chi connectivity index (χ2n) is 5.80. The highest BCUT2D eigenvalue weighted by Gasteiger charge is 2.22. The zero-order chi connectivity index (χ0) is 13.6. The third-order valence-electron chi connectivity index (χ3n) is 4.28. The molecule has 0 spiro atoms. The molecule has 1 aromatic heterocycles. The van der Waals surface area contributed by atoms with Gasteiger partial charge in [0.25, 0.3) is 0 Å². The normalized spacial score (nSPS) is 24.8. The monoisotopic (exact) mass is 276 g/mol. The van der Waals surface area contributed by atoms with E-state index in [-0.39, 0.29) is 0 Å². The summed E-state index contributed by atoms with van der Waals surface area (Å²) < 4.78 is 5.53. The van der Waals surface area contributed by atoms with Crippen molar-refractivity contribution in [3.63, 3.8) is 0 Å². The van der Waals surface area contributed by atoms with Crippen LogP contribution >= 0.6 is 0 Å². The minimum Gasteiger partial charge on any atom is -0.381 e. The van der Waals surface area contributed by atoms with E-state index in [0.717, 1.165) is 38.8 Å². The molecule has 0 amide bonds. The molecule has 0 saturated carbocycles. The second-order valence-corrected chi connectivity index (χ2v) is 5.80. The SMILES string of the molecule is c1cnc(N2CCC(NCC3CCCOC3)CC2)nc1. The molecule has 2 aliphatic rings. The van der Waals surface area contributed by atoms with Crippen LogP contribution in [0.4, 0.5) is 5.95 Å². The molecule has 0 aromatic carbocycles. The van der Waals surface area contributed by atoms with Crippen molar-refractivity contribution in [2.24, 2.45) is 5.92 Å². The summed E-state index contributed by atoms with van der Waals surface area (Å²) in [5.74, 6) is 1.57. The fourth-order valence-corrected chi connectivity index (χ4v) is 3.04. The first kappa shape index (κ1) is 13.8. The molecule has 3 heterocycles. The minimum absolute atomic E-state index is 0.636. The van der Waals surface area contributed by atoms with Crippen LogP contribution in [0, 0.1) is 5.92 Å². The highest BCUT2D eigenvalue weighted by molar-refractivity contribution is 5.29. The van der Waals surface area contributed by atoms with Crippen molar-refractivity contribution in [1.82, 2.24) is 15.3 Å². The predicted molar refractivity (Wildman–Crippen MR) is 78.8 cm³/mol. The van der Waals surface area contributed by atoms with Crippen LogP contribution in [0.25, 0.3) is 0 Å². The van der Waals surface area contributed by atoms with Crippen LogP contribution in [0.15, 0.2) is 18.5 Å². The van der Waals surface area contributed by atoms with E-state index >= 15 is 0 Å². The lowest BCUT2D eigenvalue weighted by atomic mass is 10.00. The van der Waals surface area contributed by atoms with Crippen LogP contribution < -0.4 is 10.2 Å². The fourth-order valence-electron chi connectivity index (χ4n) is 3.04. The predicted octanol–water partition coefficient (Wildman–Crippen LogP) is 1.46. The van der Waals surface area contributed by atoms with Gasteiger partial charge >= 0.3 is 0 Å². The summed E-state index contributed by atoms with van der Waals surface area (Å²) in [5, 5.41) is 3.72. The lowest BCUT2D eigenvalue weighted by Crippen LogP contribution is -2.45. The van der Waals surface area contributed by atoms with E-state index in [2.05, 4.69) is 20.2 Å². The quantitative estimate of drug-likeness (QED) is 0.902. The molecule has 110 valence electrons. The first-order chi connectivity index (χ1) is 9.92. The summed E-state index contributed by atoms with van der Waals surface area (Å²) in [6, 6.07) is 2.50. The zero-order valence-corrected chi connectivity index (χ0v) is 12.0. The molecule has 1 N–H and O–H groups in total. The number of hydrogen-bond acceptors (Lipinski definition) is 5. The molecular formula is C15H24N4O. The first-order valence-corrected chi connectivity index (χ1v) is 7.75. The van der Waals surface area contributed by atoms with Gasteiger partial charge in [-0.05, 0) is 37.7 Å². The topological polar surface area (TPSA) is 50.3 Å². The van der Waals surface area contributed by atoms with E-state index in [4.69, 9.17) is 4.74 Å². The van der Waals surface area contributed by atoms with Gasteiger partial charge in [0.2, 0.25) is 5.95 Å². The molecule has 5 heteroatoms. The van der Waals surface area contributed by atoms with E-state index in [1.165, 1.54) is 25.7 Å². The van der Waals surface area contributed by atoms with Gasteiger partial charge in [-0.3, -0.25) is 0 Å². The Hall–Kier alpha value is -1.20. The average Bonchev–Trinajstić information content (AvgIpc) is 2.55. The first-order valence-electron chi connectivity index (χ1n) is 7.75. The smallest absolute Gasteiger partial charge is 0.225 e. The Labute approximate surface area is 120 Å². The van der Waals surface area contributed by atoms with Crippen molar-refractivity contribution < 1.29 is 4.74 Å². The molecule has 1 aromatic rings. The number of nitrogens with zero attached hydrogens (tertiary/aromatic N) is 3. The van der Waals surface area contributed by atoms with Gasteiger partial charge in [0.1, 0.15) is 0 Å². The standard InChI is InChI=1S/C15H24N4O/c1-3-13(12-20-10-1)11-18-14-4-8-19(9-5-14)15-16-6-2-7-17-15/h2,6-7,13-14,18H,1,3-5,8-12H2. The van der Waals surface area contributed by atoms with E-state index in [1.54, 1.807) is 0 Å². The van der Waals surface area contributed by atoms with Crippen molar-refractivity contribution in [3.8, 4) is 0 Å². The van der Waals surface area contributed by atoms with Crippen LogP contribution in [0.3, 0.4) is 0 Å². The zero-order valence-electron chi connectivity index (χ0n) is 12.0. The average molecular weight is 276 g/mol. The van der Waals surface area contributed by atoms with Crippen LogP contribution in [0.5, 0.6) is 0 Å². The summed E-state index contributed by atoms with van der Waals surface area (Å²) in [6.45, 7) is 5.08. The molecule has 2 saturated heterocycles. The van der Waals surface area contributed by atoms with Gasteiger partial charge in [0, 0.05) is 44.7 Å². The van der Waals surface area contributed by atoms with Gasteiger partial charge in [-0.2, -0.15) is 0 Å². The number of ether oxygens (including phenoxy) is 1. The third-order valence-corrected chi connectivity index (χ3v) is 4.28. The molecular weight excluding hydrogens is 252 g/mol. The van der Waals surface area contributed by atoms with Crippen LogP contribution in [-0.2, 0) is 4.74 Å². The Bertz CT molecular complexity index is 386. The van der Waals surface area contributed by atoms with Gasteiger partial charge in [0.05, 0.1) is 6.61 Å². The molecule has 2 aliphatic heterocycles. The molecule has 3 rings (SSSR count). The molecule has 0 radical (unpaired) electrons. The van der Waals surface area contributed by atoms with E-state index < -0.39 is 0 Å². The maximum atomic E-state index is 5.53. The Morgan fingerprint density at radius 2 is 2.00 bits per heavy atom. The summed E-state index contributed by atoms with van der Waals surface area (Å²) in [6.07, 6.45) is 8.50. The van der Waals surface area contributed by atoms with Gasteiger partial charge < -0.3 is 15.0 Å². The summed E-state index contributed by atoms with van der Waals surface area (Å²) >= 11 is 0. The largest absolute Gasteiger partial charge is 0.381 e. The van der Waals surface area contributed by atoms with E-state index in [9.17, 15) is 0 Å². The van der Waals surface area contributed by atoms with E-state index in [1.807, 2.05) is 18.5 Å². The van der Waals surface area contributed by atoms with Crippen LogP contribution in [0.2, 0.25) is 0 Å². The lowest BCUT2D eigenvalue weighted by Gasteiger charge is -2.33. The number of hydrogen-bond donors (Lipinski definition) is 1. The number of anilines is 1. The summed E-state index contributed by atoms with van der Waals surface area (Å²) in [7, 11) is 0. The van der Waals surface area contributed by atoms with Gasteiger partial charge in [-0.25, -0.2) is 9.97 Å². The molecule has 1 unspecified atom stereocenters. The summed E-state index contributed by atoms with van der Waals surface area (Å²) in [5.41, 5.74) is 0. The molecule has 20 heavy (non-hydrogen) atoms. The van der Waals surface area contributed by atoms with Crippen molar-refractivity contribution in [2.75, 3.05) is 37.7 Å². The lowest BCUT2D eigenvalue weighted by molar-refractivity contribution is 0.0535. The van der Waals surface area contributed by atoms with Crippen molar-refractivity contribution in [2.45, 2.75) is 31.7 Å². The van der Waals surface area contributed by atoms with Gasteiger partial charge in [-0.15, -0.1) is 0 Å². The molecule has 2 fully saturated rings. The van der Waals surface area contributed by atoms with Crippen molar-refractivity contribution in [3.05, 3.63) is 18.5 Å². The number of rotatable bonds is 4. The van der Waals surface area contributed by atoms with Crippen molar-refractivity contribution >= 4 is 5.95 Å². The Balaban J connectivity index is 1.40. The highest BCUT2D eigenvalue weighted by Crippen LogP contribution is 2.17. The molecule has 5 nitrogen and oxygen atoms in total. The van der Waals surface area contributed by atoms with E-state index in [0.29, 0.717) is 12.0 Å². The molecule has 0 aliphatic carbocycles. The van der Waals surface area contributed by atoms with Crippen LogP contribution in [-0.4, -0.2) is 48.9 Å². The molecule has 0 bridgehead atoms. The summed E-state index contributed by atoms with van der Waals surface area (Å²) in [4.78, 5) is 10.9. The third kappa shape index (κ3) is 3.67. The maximum Gasteiger partial charge on any atom is 0.225 e. The van der Waals surface area contributed by atoms with Gasteiger partial charge in [-0.1, -0.05) is 0 Å². The Morgan fingerprint density at radius 3 is 2.70 bits per heavy atom. The number of aromatic nitrogens is 2. The van der Waals surface area contributed by atoms with Gasteiger partial charge in [0.15, 0.2) is 0 Å². The number of piperidine rings is 1. The molecule has 1 atom stereocenters. The van der Waals surface area contributed by atoms with Crippen molar-refractivity contribution in [1.29, 1.82) is 0 Å². The second kappa shape index (κ2) is 6.99. The maximum absolute atomic E-state index is 5.53. The highest BCUT2D eigenvalue weighted by atomic mass is 16.5. The Kier molecular flexibility index (Phi) is 4.82. The minimum atomic E-state index is 0.636.